The minimum Gasteiger partial charge on any atom is -0.490 e. The summed E-state index contributed by atoms with van der Waals surface area (Å²) in [4.78, 5) is 6.60. The number of nitrogens with zero attached hydrogens (tertiary/aromatic N) is 2. The summed E-state index contributed by atoms with van der Waals surface area (Å²) in [7, 11) is 0. The third kappa shape index (κ3) is 2.89. The van der Waals surface area contributed by atoms with Crippen LogP contribution in [0.1, 0.15) is 23.6 Å². The van der Waals surface area contributed by atoms with Gasteiger partial charge in [0.25, 0.3) is 0 Å². The lowest BCUT2D eigenvalue weighted by molar-refractivity contribution is 0.296. The molecular weight excluding hydrogens is 302 g/mol. The van der Waals surface area contributed by atoms with Gasteiger partial charge in [-0.2, -0.15) is 0 Å². The van der Waals surface area contributed by atoms with Crippen molar-refractivity contribution in [3.63, 3.8) is 0 Å². The maximum absolute atomic E-state index is 6.14. The summed E-state index contributed by atoms with van der Waals surface area (Å²) in [6, 6.07) is 16.6. The predicted octanol–water partition coefficient (Wildman–Crippen LogP) is 2.72. The topological polar surface area (TPSA) is 60.1 Å². The second kappa shape index (κ2) is 6.43. The highest BCUT2D eigenvalue weighted by molar-refractivity contribution is 5.80. The Bertz CT molecular complexity index is 746. The first kappa shape index (κ1) is 14.9. The molecule has 0 spiro atoms. The Kier molecular flexibility index (Phi) is 3.99. The zero-order chi connectivity index (χ0) is 16.4. The Labute approximate surface area is 141 Å². The van der Waals surface area contributed by atoms with Crippen molar-refractivity contribution in [1.29, 1.82) is 0 Å². The van der Waals surface area contributed by atoms with E-state index in [1.165, 1.54) is 5.56 Å². The standard InChI is InChI=1S/C19H21N3O2/c20-19-21-12-16(22(19)13-14-5-2-1-3-6-14)15-7-8-17-18(11-15)24-10-4-9-23-17/h1-3,5-8,11,16H,4,9-10,12-13H2,(H2,20,21). The summed E-state index contributed by atoms with van der Waals surface area (Å²) < 4.78 is 11.5. The minimum atomic E-state index is 0.127. The van der Waals surface area contributed by atoms with Gasteiger partial charge in [0, 0.05) is 13.0 Å². The molecule has 2 aromatic carbocycles. The van der Waals surface area contributed by atoms with Crippen LogP contribution in [0.3, 0.4) is 0 Å². The molecule has 5 heteroatoms. The SMILES string of the molecule is NC1=NCC(c2ccc3c(c2)OCCCO3)N1Cc1ccccc1. The Balaban J connectivity index is 1.59. The molecule has 124 valence electrons. The van der Waals surface area contributed by atoms with Crippen LogP contribution in [0.15, 0.2) is 53.5 Å². The maximum atomic E-state index is 6.14. The van der Waals surface area contributed by atoms with Gasteiger partial charge in [0.15, 0.2) is 17.5 Å². The van der Waals surface area contributed by atoms with Gasteiger partial charge in [-0.25, -0.2) is 0 Å². The predicted molar refractivity (Wildman–Crippen MR) is 93.3 cm³/mol. The Morgan fingerprint density at radius 1 is 1.04 bits per heavy atom. The van der Waals surface area contributed by atoms with Crippen molar-refractivity contribution in [3.05, 3.63) is 59.7 Å². The zero-order valence-corrected chi connectivity index (χ0v) is 13.5. The Morgan fingerprint density at radius 3 is 2.67 bits per heavy atom. The zero-order valence-electron chi connectivity index (χ0n) is 13.5. The molecule has 2 aromatic rings. The molecule has 4 rings (SSSR count). The molecule has 0 aromatic heterocycles. The van der Waals surface area contributed by atoms with Gasteiger partial charge in [0.2, 0.25) is 0 Å². The lowest BCUT2D eigenvalue weighted by Crippen LogP contribution is -2.35. The van der Waals surface area contributed by atoms with Gasteiger partial charge >= 0.3 is 0 Å². The molecule has 24 heavy (non-hydrogen) atoms. The van der Waals surface area contributed by atoms with E-state index in [9.17, 15) is 0 Å². The van der Waals surface area contributed by atoms with Crippen LogP contribution in [0.25, 0.3) is 0 Å². The van der Waals surface area contributed by atoms with Crippen LogP contribution in [0.5, 0.6) is 11.5 Å². The van der Waals surface area contributed by atoms with Crippen LogP contribution < -0.4 is 15.2 Å². The Morgan fingerprint density at radius 2 is 1.83 bits per heavy atom. The van der Waals surface area contributed by atoms with Gasteiger partial charge in [-0.3, -0.25) is 4.99 Å². The van der Waals surface area contributed by atoms with E-state index in [0.29, 0.717) is 25.7 Å². The van der Waals surface area contributed by atoms with Crippen molar-refractivity contribution in [2.45, 2.75) is 19.0 Å². The molecule has 5 nitrogen and oxygen atoms in total. The van der Waals surface area contributed by atoms with Gasteiger partial charge in [-0.15, -0.1) is 0 Å². The fraction of sp³-hybridized carbons (Fsp3) is 0.316. The minimum absolute atomic E-state index is 0.127. The molecule has 2 aliphatic heterocycles. The number of aliphatic imine (C=N–C) groups is 1. The van der Waals surface area contributed by atoms with E-state index >= 15 is 0 Å². The van der Waals surface area contributed by atoms with Crippen LogP contribution in [0, 0.1) is 0 Å². The molecule has 0 aliphatic carbocycles. The van der Waals surface area contributed by atoms with E-state index in [-0.39, 0.29) is 6.04 Å². The first-order chi connectivity index (χ1) is 11.8. The largest absolute Gasteiger partial charge is 0.490 e. The number of guanidine groups is 1. The number of ether oxygens (including phenoxy) is 2. The van der Waals surface area contributed by atoms with Crippen molar-refractivity contribution >= 4 is 5.96 Å². The molecule has 2 heterocycles. The molecule has 2 N–H and O–H groups in total. The molecule has 2 aliphatic rings. The first-order valence-corrected chi connectivity index (χ1v) is 8.31. The quantitative estimate of drug-likeness (QED) is 0.943. The fourth-order valence-corrected chi connectivity index (χ4v) is 3.17. The summed E-state index contributed by atoms with van der Waals surface area (Å²) in [5, 5.41) is 0. The summed E-state index contributed by atoms with van der Waals surface area (Å²) in [6.07, 6.45) is 0.906. The van der Waals surface area contributed by atoms with Gasteiger partial charge in [0.05, 0.1) is 25.8 Å². The molecule has 0 saturated carbocycles. The highest BCUT2D eigenvalue weighted by atomic mass is 16.5. The lowest BCUT2D eigenvalue weighted by atomic mass is 10.0. The highest BCUT2D eigenvalue weighted by Crippen LogP contribution is 2.35. The van der Waals surface area contributed by atoms with Crippen LogP contribution in [-0.4, -0.2) is 30.6 Å². The van der Waals surface area contributed by atoms with Crippen molar-refractivity contribution in [2.24, 2.45) is 10.7 Å². The summed E-state index contributed by atoms with van der Waals surface area (Å²) in [5.74, 6) is 2.23. The average Bonchev–Trinajstić information content (AvgIpc) is 2.83. The molecule has 0 fully saturated rings. The number of hydrogen-bond acceptors (Lipinski definition) is 5. The number of fused-ring (bicyclic) bond motifs is 1. The summed E-state index contributed by atoms with van der Waals surface area (Å²) in [6.45, 7) is 2.80. The van der Waals surface area contributed by atoms with E-state index in [1.807, 2.05) is 24.3 Å². The van der Waals surface area contributed by atoms with Crippen molar-refractivity contribution in [3.8, 4) is 11.5 Å². The van der Waals surface area contributed by atoms with Crippen molar-refractivity contribution in [2.75, 3.05) is 19.8 Å². The van der Waals surface area contributed by atoms with Crippen LogP contribution in [0.4, 0.5) is 0 Å². The molecule has 0 bridgehead atoms. The smallest absolute Gasteiger partial charge is 0.192 e. The third-order valence-electron chi connectivity index (χ3n) is 4.45. The molecular formula is C19H21N3O2. The van der Waals surface area contributed by atoms with Crippen molar-refractivity contribution < 1.29 is 9.47 Å². The Hall–Kier alpha value is -2.69. The number of rotatable bonds is 3. The number of benzene rings is 2. The molecule has 0 amide bonds. The summed E-state index contributed by atoms with van der Waals surface area (Å²) >= 11 is 0. The molecule has 0 radical (unpaired) electrons. The van der Waals surface area contributed by atoms with E-state index in [4.69, 9.17) is 15.2 Å². The normalized spacial score (nSPS) is 19.8. The summed E-state index contributed by atoms with van der Waals surface area (Å²) in [5.41, 5.74) is 8.51. The van der Waals surface area contributed by atoms with Crippen LogP contribution in [0.2, 0.25) is 0 Å². The number of nitrogens with two attached hydrogens (primary N) is 1. The molecule has 1 unspecified atom stereocenters. The van der Waals surface area contributed by atoms with Crippen LogP contribution >= 0.6 is 0 Å². The average molecular weight is 323 g/mol. The van der Waals surface area contributed by atoms with E-state index in [0.717, 1.165) is 30.0 Å². The molecule has 1 atom stereocenters. The van der Waals surface area contributed by atoms with Gasteiger partial charge < -0.3 is 20.1 Å². The van der Waals surface area contributed by atoms with E-state index < -0.39 is 0 Å². The lowest BCUT2D eigenvalue weighted by Gasteiger charge is -2.27. The fourth-order valence-electron chi connectivity index (χ4n) is 3.17. The van der Waals surface area contributed by atoms with Crippen LogP contribution in [-0.2, 0) is 6.54 Å². The van der Waals surface area contributed by atoms with Gasteiger partial charge in [-0.1, -0.05) is 36.4 Å². The maximum Gasteiger partial charge on any atom is 0.192 e. The van der Waals surface area contributed by atoms with E-state index in [2.05, 4.69) is 34.2 Å². The third-order valence-corrected chi connectivity index (χ3v) is 4.45. The first-order valence-electron chi connectivity index (χ1n) is 8.31. The van der Waals surface area contributed by atoms with Crippen molar-refractivity contribution in [1.82, 2.24) is 4.90 Å². The monoisotopic (exact) mass is 323 g/mol. The van der Waals surface area contributed by atoms with Gasteiger partial charge in [0.1, 0.15) is 0 Å². The second-order valence-electron chi connectivity index (χ2n) is 6.08. The number of hydrogen-bond donors (Lipinski definition) is 1. The van der Waals surface area contributed by atoms with E-state index in [1.54, 1.807) is 0 Å². The van der Waals surface area contributed by atoms with Gasteiger partial charge in [-0.05, 0) is 23.3 Å². The second-order valence-corrected chi connectivity index (χ2v) is 6.08. The highest BCUT2D eigenvalue weighted by Gasteiger charge is 2.28. The molecule has 0 saturated heterocycles.